The zero-order valence-corrected chi connectivity index (χ0v) is 17.2. The standard InChI is InChI=1S/C23H28N4O3/c1-2-21(28)25-19-10-7-11-20(15-19)26-22(29)16-24-18-9-6-8-17(14-18)23(30)27-12-4-3-5-13-27/h6-11,14-15,24H,2-5,12-13,16H2,1H3,(H,25,28)(H,26,29). The van der Waals surface area contributed by atoms with Gasteiger partial charge in [-0.05, 0) is 55.7 Å². The number of nitrogens with one attached hydrogen (secondary N) is 3. The molecule has 0 bridgehead atoms. The molecule has 0 saturated carbocycles. The minimum absolute atomic E-state index is 0.0359. The smallest absolute Gasteiger partial charge is 0.253 e. The molecule has 0 aliphatic carbocycles. The summed E-state index contributed by atoms with van der Waals surface area (Å²) in [5.41, 5.74) is 2.58. The van der Waals surface area contributed by atoms with E-state index in [2.05, 4.69) is 16.0 Å². The normalized spacial score (nSPS) is 13.4. The van der Waals surface area contributed by atoms with Gasteiger partial charge >= 0.3 is 0 Å². The van der Waals surface area contributed by atoms with E-state index in [0.717, 1.165) is 31.6 Å². The number of benzene rings is 2. The number of hydrogen-bond acceptors (Lipinski definition) is 4. The van der Waals surface area contributed by atoms with E-state index in [1.165, 1.54) is 6.42 Å². The highest BCUT2D eigenvalue weighted by atomic mass is 16.2. The number of piperidine rings is 1. The van der Waals surface area contributed by atoms with Crippen molar-refractivity contribution in [1.82, 2.24) is 4.90 Å². The molecule has 1 heterocycles. The fraction of sp³-hybridized carbons (Fsp3) is 0.348. The summed E-state index contributed by atoms with van der Waals surface area (Å²) in [6.45, 7) is 3.45. The molecule has 0 radical (unpaired) electrons. The van der Waals surface area contributed by atoms with Crippen molar-refractivity contribution in [2.24, 2.45) is 0 Å². The third-order valence-electron chi connectivity index (χ3n) is 4.96. The van der Waals surface area contributed by atoms with Crippen LogP contribution < -0.4 is 16.0 Å². The van der Waals surface area contributed by atoms with Crippen LogP contribution in [0.4, 0.5) is 17.1 Å². The van der Waals surface area contributed by atoms with Crippen molar-refractivity contribution in [2.75, 3.05) is 35.6 Å². The summed E-state index contributed by atoms with van der Waals surface area (Å²) in [6, 6.07) is 14.2. The molecule has 0 spiro atoms. The van der Waals surface area contributed by atoms with Crippen LogP contribution in [0.1, 0.15) is 43.0 Å². The molecule has 0 unspecified atom stereocenters. The lowest BCUT2D eigenvalue weighted by atomic mass is 10.1. The molecule has 1 aliphatic rings. The first-order valence-corrected chi connectivity index (χ1v) is 10.4. The maximum absolute atomic E-state index is 12.7. The van der Waals surface area contributed by atoms with Crippen molar-refractivity contribution in [2.45, 2.75) is 32.6 Å². The van der Waals surface area contributed by atoms with Crippen molar-refractivity contribution in [3.63, 3.8) is 0 Å². The molecule has 0 aromatic heterocycles. The van der Waals surface area contributed by atoms with Crippen molar-refractivity contribution >= 4 is 34.8 Å². The van der Waals surface area contributed by atoms with Crippen LogP contribution in [-0.2, 0) is 9.59 Å². The second kappa shape index (κ2) is 10.4. The van der Waals surface area contributed by atoms with Crippen LogP contribution in [0, 0.1) is 0 Å². The molecule has 0 atom stereocenters. The summed E-state index contributed by atoms with van der Waals surface area (Å²) in [5.74, 6) is -0.269. The minimum atomic E-state index is -0.221. The van der Waals surface area contributed by atoms with Crippen LogP contribution >= 0.6 is 0 Å². The molecule has 7 heteroatoms. The molecule has 3 rings (SSSR count). The van der Waals surface area contributed by atoms with E-state index < -0.39 is 0 Å². The van der Waals surface area contributed by atoms with E-state index in [4.69, 9.17) is 0 Å². The Morgan fingerprint density at radius 3 is 2.17 bits per heavy atom. The van der Waals surface area contributed by atoms with E-state index in [1.54, 1.807) is 43.3 Å². The highest BCUT2D eigenvalue weighted by molar-refractivity contribution is 5.97. The molecule has 7 nitrogen and oxygen atoms in total. The van der Waals surface area contributed by atoms with Gasteiger partial charge in [0.1, 0.15) is 0 Å². The first-order chi connectivity index (χ1) is 14.5. The summed E-state index contributed by atoms with van der Waals surface area (Å²) in [5, 5.41) is 8.64. The van der Waals surface area contributed by atoms with E-state index in [1.807, 2.05) is 17.0 Å². The van der Waals surface area contributed by atoms with E-state index in [0.29, 0.717) is 23.4 Å². The van der Waals surface area contributed by atoms with Gasteiger partial charge < -0.3 is 20.9 Å². The molecule has 3 amide bonds. The number of hydrogen-bond donors (Lipinski definition) is 3. The SMILES string of the molecule is CCC(=O)Nc1cccc(NC(=O)CNc2cccc(C(=O)N3CCCCC3)c2)c1. The summed E-state index contributed by atoms with van der Waals surface area (Å²) in [6.07, 6.45) is 3.66. The van der Waals surface area contributed by atoms with Crippen molar-refractivity contribution < 1.29 is 14.4 Å². The highest BCUT2D eigenvalue weighted by Crippen LogP contribution is 2.17. The fourth-order valence-corrected chi connectivity index (χ4v) is 3.35. The average Bonchev–Trinajstić information content (AvgIpc) is 2.78. The van der Waals surface area contributed by atoms with Gasteiger partial charge in [-0.2, -0.15) is 0 Å². The molecule has 2 aromatic rings. The number of likely N-dealkylation sites (tertiary alicyclic amines) is 1. The first kappa shape index (κ1) is 21.4. The number of nitrogens with zero attached hydrogens (tertiary/aromatic N) is 1. The van der Waals surface area contributed by atoms with Crippen molar-refractivity contribution in [3.05, 3.63) is 54.1 Å². The first-order valence-electron chi connectivity index (χ1n) is 10.4. The van der Waals surface area contributed by atoms with Gasteiger partial charge in [0.05, 0.1) is 6.54 Å². The monoisotopic (exact) mass is 408 g/mol. The van der Waals surface area contributed by atoms with Gasteiger partial charge in [0.15, 0.2) is 0 Å². The largest absolute Gasteiger partial charge is 0.376 e. The minimum Gasteiger partial charge on any atom is -0.376 e. The Kier molecular flexibility index (Phi) is 7.43. The van der Waals surface area contributed by atoms with Crippen LogP contribution in [0.25, 0.3) is 0 Å². The van der Waals surface area contributed by atoms with Gasteiger partial charge in [-0.3, -0.25) is 14.4 Å². The van der Waals surface area contributed by atoms with Crippen molar-refractivity contribution in [1.29, 1.82) is 0 Å². The number of anilines is 3. The van der Waals surface area contributed by atoms with Gasteiger partial charge in [-0.1, -0.05) is 19.1 Å². The number of carbonyl (C=O) groups is 3. The maximum atomic E-state index is 12.7. The molecular weight excluding hydrogens is 380 g/mol. The Morgan fingerprint density at radius 1 is 0.833 bits per heavy atom. The molecule has 2 aromatic carbocycles. The summed E-state index contributed by atoms with van der Waals surface area (Å²) >= 11 is 0. The second-order valence-electron chi connectivity index (χ2n) is 7.32. The maximum Gasteiger partial charge on any atom is 0.253 e. The number of rotatable bonds is 7. The van der Waals surface area contributed by atoms with Crippen LogP contribution in [0.5, 0.6) is 0 Å². The van der Waals surface area contributed by atoms with E-state index in [-0.39, 0.29) is 24.3 Å². The quantitative estimate of drug-likeness (QED) is 0.651. The Labute approximate surface area is 176 Å². The van der Waals surface area contributed by atoms with Gasteiger partial charge in [0, 0.05) is 42.1 Å². The zero-order chi connectivity index (χ0) is 21.3. The van der Waals surface area contributed by atoms with Crippen molar-refractivity contribution in [3.8, 4) is 0 Å². The number of carbonyl (C=O) groups excluding carboxylic acids is 3. The lowest BCUT2D eigenvalue weighted by molar-refractivity contribution is -0.116. The Hall–Kier alpha value is -3.35. The fourth-order valence-electron chi connectivity index (χ4n) is 3.35. The summed E-state index contributed by atoms with van der Waals surface area (Å²) in [7, 11) is 0. The third kappa shape index (κ3) is 6.07. The van der Waals surface area contributed by atoms with Crippen LogP contribution in [0.2, 0.25) is 0 Å². The predicted molar refractivity (Wildman–Crippen MR) is 119 cm³/mol. The summed E-state index contributed by atoms with van der Waals surface area (Å²) in [4.78, 5) is 38.4. The van der Waals surface area contributed by atoms with Crippen LogP contribution in [0.15, 0.2) is 48.5 Å². The highest BCUT2D eigenvalue weighted by Gasteiger charge is 2.18. The van der Waals surface area contributed by atoms with Gasteiger partial charge in [-0.15, -0.1) is 0 Å². The lowest BCUT2D eigenvalue weighted by Gasteiger charge is -2.26. The number of amides is 3. The molecular formula is C23H28N4O3. The Balaban J connectivity index is 1.54. The predicted octanol–water partition coefficient (Wildman–Crippen LogP) is 3.71. The van der Waals surface area contributed by atoms with Gasteiger partial charge in [0.25, 0.3) is 5.91 Å². The average molecular weight is 409 g/mol. The van der Waals surface area contributed by atoms with Crippen LogP contribution in [-0.4, -0.2) is 42.3 Å². The zero-order valence-electron chi connectivity index (χ0n) is 17.2. The molecule has 1 fully saturated rings. The third-order valence-corrected chi connectivity index (χ3v) is 4.96. The topological polar surface area (TPSA) is 90.5 Å². The van der Waals surface area contributed by atoms with Crippen LogP contribution in [0.3, 0.4) is 0 Å². The Bertz CT molecular complexity index is 907. The molecule has 3 N–H and O–H groups in total. The summed E-state index contributed by atoms with van der Waals surface area (Å²) < 4.78 is 0. The molecule has 158 valence electrons. The van der Waals surface area contributed by atoms with Gasteiger partial charge in [0.2, 0.25) is 11.8 Å². The molecule has 1 saturated heterocycles. The molecule has 30 heavy (non-hydrogen) atoms. The Morgan fingerprint density at radius 2 is 1.47 bits per heavy atom. The lowest BCUT2D eigenvalue weighted by Crippen LogP contribution is -2.35. The van der Waals surface area contributed by atoms with Gasteiger partial charge in [-0.25, -0.2) is 0 Å². The van der Waals surface area contributed by atoms with E-state index >= 15 is 0 Å². The molecule has 1 aliphatic heterocycles. The van der Waals surface area contributed by atoms with E-state index in [9.17, 15) is 14.4 Å². The second-order valence-corrected chi connectivity index (χ2v) is 7.32.